The quantitative estimate of drug-likeness (QED) is 0.558. The Balaban J connectivity index is 2.39. The zero-order chi connectivity index (χ0) is 13.0. The number of aromatic nitrogens is 4. The molecule has 7 nitrogen and oxygen atoms in total. The van der Waals surface area contributed by atoms with Gasteiger partial charge in [-0.15, -0.1) is 0 Å². The van der Waals surface area contributed by atoms with Gasteiger partial charge in [0.1, 0.15) is 0 Å². The summed E-state index contributed by atoms with van der Waals surface area (Å²) in [5, 5.41) is 0. The molecule has 1 unspecified atom stereocenters. The largest absolute Gasteiger partial charge is 0.371 e. The van der Waals surface area contributed by atoms with Crippen molar-refractivity contribution in [3.63, 3.8) is 0 Å². The molecule has 0 bridgehead atoms. The normalized spacial score (nSPS) is 18.5. The summed E-state index contributed by atoms with van der Waals surface area (Å²) in [7, 11) is 3.33. The SMILES string of the molecule is Cn1c(Br)nc2c1c(=O)n(CC1CO1)c(=O)n2C. The zero-order valence-electron chi connectivity index (χ0n) is 9.88. The average Bonchev–Trinajstić information content (AvgIpc) is 3.10. The smallest absolute Gasteiger partial charge is 0.332 e. The molecule has 1 fully saturated rings. The molecule has 0 radical (unpaired) electrons. The summed E-state index contributed by atoms with van der Waals surface area (Å²) in [6.07, 6.45) is -0.0236. The number of epoxide rings is 1. The number of aryl methyl sites for hydroxylation is 2. The number of fused-ring (bicyclic) bond motifs is 1. The van der Waals surface area contributed by atoms with Gasteiger partial charge in [-0.3, -0.25) is 13.9 Å². The van der Waals surface area contributed by atoms with E-state index in [0.717, 1.165) is 0 Å². The molecule has 18 heavy (non-hydrogen) atoms. The molecule has 8 heteroatoms. The first kappa shape index (κ1) is 11.7. The maximum Gasteiger partial charge on any atom is 0.332 e. The van der Waals surface area contributed by atoms with E-state index in [4.69, 9.17) is 4.74 Å². The van der Waals surface area contributed by atoms with E-state index >= 15 is 0 Å². The lowest BCUT2D eigenvalue weighted by atomic mass is 10.4. The van der Waals surface area contributed by atoms with Gasteiger partial charge >= 0.3 is 5.69 Å². The fourth-order valence-electron chi connectivity index (χ4n) is 1.96. The van der Waals surface area contributed by atoms with Crippen molar-refractivity contribution in [3.8, 4) is 0 Å². The first-order chi connectivity index (χ1) is 8.50. The number of hydrogen-bond acceptors (Lipinski definition) is 4. The Kier molecular flexibility index (Phi) is 2.46. The second kappa shape index (κ2) is 3.79. The summed E-state index contributed by atoms with van der Waals surface area (Å²) in [6.45, 7) is 0.896. The minimum atomic E-state index is -0.367. The van der Waals surface area contributed by atoms with E-state index in [-0.39, 0.29) is 17.4 Å². The second-order valence-corrected chi connectivity index (χ2v) is 5.03. The van der Waals surface area contributed by atoms with Crippen LogP contribution in [0, 0.1) is 0 Å². The molecule has 0 spiro atoms. The minimum Gasteiger partial charge on any atom is -0.371 e. The number of ether oxygens (including phenoxy) is 1. The molecule has 0 aliphatic carbocycles. The van der Waals surface area contributed by atoms with Crippen LogP contribution in [0.25, 0.3) is 11.2 Å². The van der Waals surface area contributed by atoms with Gasteiger partial charge in [0.25, 0.3) is 5.56 Å². The van der Waals surface area contributed by atoms with Gasteiger partial charge in [-0.05, 0) is 15.9 Å². The highest BCUT2D eigenvalue weighted by Crippen LogP contribution is 2.14. The zero-order valence-corrected chi connectivity index (χ0v) is 11.5. The van der Waals surface area contributed by atoms with Gasteiger partial charge < -0.3 is 9.30 Å². The first-order valence-electron chi connectivity index (χ1n) is 5.44. The van der Waals surface area contributed by atoms with Gasteiger partial charge in [0, 0.05) is 14.1 Å². The van der Waals surface area contributed by atoms with Gasteiger partial charge in [-0.2, -0.15) is 0 Å². The molecular formula is C10H11BrN4O3. The third-order valence-electron chi connectivity index (χ3n) is 3.09. The van der Waals surface area contributed by atoms with Crippen LogP contribution >= 0.6 is 15.9 Å². The second-order valence-electron chi connectivity index (χ2n) is 4.32. The monoisotopic (exact) mass is 314 g/mol. The molecule has 0 amide bonds. The third-order valence-corrected chi connectivity index (χ3v) is 3.80. The number of imidazole rings is 1. The Morgan fingerprint density at radius 3 is 2.67 bits per heavy atom. The number of nitrogens with zero attached hydrogens (tertiary/aromatic N) is 4. The molecule has 1 saturated heterocycles. The van der Waals surface area contributed by atoms with Crippen molar-refractivity contribution in [2.75, 3.05) is 6.61 Å². The summed E-state index contributed by atoms with van der Waals surface area (Å²) < 4.78 is 9.80. The lowest BCUT2D eigenvalue weighted by Crippen LogP contribution is -2.40. The van der Waals surface area contributed by atoms with Crippen LogP contribution in [0.1, 0.15) is 0 Å². The lowest BCUT2D eigenvalue weighted by molar-refractivity contribution is 0.375. The van der Waals surface area contributed by atoms with Crippen molar-refractivity contribution in [2.45, 2.75) is 12.6 Å². The van der Waals surface area contributed by atoms with E-state index in [9.17, 15) is 9.59 Å². The van der Waals surface area contributed by atoms with Crippen LogP contribution in [0.3, 0.4) is 0 Å². The van der Waals surface area contributed by atoms with E-state index in [2.05, 4.69) is 20.9 Å². The van der Waals surface area contributed by atoms with Crippen LogP contribution in [0.2, 0.25) is 0 Å². The molecule has 96 valence electrons. The molecule has 2 aromatic heterocycles. The summed E-state index contributed by atoms with van der Waals surface area (Å²) in [6, 6.07) is 0. The van der Waals surface area contributed by atoms with Crippen molar-refractivity contribution >= 4 is 27.1 Å². The summed E-state index contributed by atoms with van der Waals surface area (Å²) in [5.74, 6) is 0. The highest BCUT2D eigenvalue weighted by molar-refractivity contribution is 9.10. The van der Waals surface area contributed by atoms with Gasteiger partial charge in [-0.1, -0.05) is 0 Å². The van der Waals surface area contributed by atoms with E-state index in [0.29, 0.717) is 29.0 Å². The molecule has 2 aromatic rings. The highest BCUT2D eigenvalue weighted by atomic mass is 79.9. The standard InChI is InChI=1S/C10H11BrN4O3/c1-13-6-7(12-9(13)11)14(2)10(17)15(8(6)16)3-5-4-18-5/h5H,3-4H2,1-2H3. The number of halogens is 1. The molecular weight excluding hydrogens is 304 g/mol. The van der Waals surface area contributed by atoms with Gasteiger partial charge in [-0.25, -0.2) is 9.78 Å². The molecule has 0 aromatic carbocycles. The van der Waals surface area contributed by atoms with Crippen LogP contribution in [0.5, 0.6) is 0 Å². The molecule has 0 N–H and O–H groups in total. The van der Waals surface area contributed by atoms with Gasteiger partial charge in [0.2, 0.25) is 0 Å². The van der Waals surface area contributed by atoms with Gasteiger partial charge in [0.05, 0.1) is 19.3 Å². The molecule has 1 aliphatic heterocycles. The molecule has 3 rings (SSSR count). The molecule has 0 saturated carbocycles. The number of rotatable bonds is 2. The Morgan fingerprint density at radius 1 is 1.39 bits per heavy atom. The first-order valence-corrected chi connectivity index (χ1v) is 6.23. The predicted molar refractivity (Wildman–Crippen MR) is 67.7 cm³/mol. The van der Waals surface area contributed by atoms with Crippen LogP contribution < -0.4 is 11.2 Å². The minimum absolute atomic E-state index is 0.0236. The lowest BCUT2D eigenvalue weighted by Gasteiger charge is -2.06. The van der Waals surface area contributed by atoms with Crippen molar-refractivity contribution in [1.82, 2.24) is 18.7 Å². The Morgan fingerprint density at radius 2 is 2.06 bits per heavy atom. The summed E-state index contributed by atoms with van der Waals surface area (Å²) in [5.41, 5.74) is 0.0925. The van der Waals surface area contributed by atoms with Crippen molar-refractivity contribution in [3.05, 3.63) is 25.6 Å². The van der Waals surface area contributed by atoms with Crippen LogP contribution in [-0.2, 0) is 25.4 Å². The molecule has 1 aliphatic rings. The maximum absolute atomic E-state index is 12.3. The number of hydrogen-bond donors (Lipinski definition) is 0. The Bertz CT molecular complexity index is 753. The summed E-state index contributed by atoms with van der Waals surface area (Å²) >= 11 is 3.25. The average molecular weight is 315 g/mol. The fraction of sp³-hybridized carbons (Fsp3) is 0.500. The maximum atomic E-state index is 12.3. The van der Waals surface area contributed by atoms with E-state index in [1.54, 1.807) is 18.7 Å². The molecule has 3 heterocycles. The Hall–Kier alpha value is -1.41. The van der Waals surface area contributed by atoms with Crippen LogP contribution in [0.15, 0.2) is 14.3 Å². The van der Waals surface area contributed by atoms with Crippen molar-refractivity contribution in [1.29, 1.82) is 0 Å². The summed E-state index contributed by atoms with van der Waals surface area (Å²) in [4.78, 5) is 28.6. The van der Waals surface area contributed by atoms with E-state index in [1.165, 1.54) is 9.13 Å². The topological polar surface area (TPSA) is 74.3 Å². The highest BCUT2D eigenvalue weighted by Gasteiger charge is 2.26. The molecule has 1 atom stereocenters. The van der Waals surface area contributed by atoms with Crippen molar-refractivity contribution in [2.24, 2.45) is 14.1 Å². The van der Waals surface area contributed by atoms with Crippen molar-refractivity contribution < 1.29 is 4.74 Å². The van der Waals surface area contributed by atoms with Crippen LogP contribution in [-0.4, -0.2) is 31.4 Å². The predicted octanol–water partition coefficient (Wildman–Crippen LogP) is -0.405. The van der Waals surface area contributed by atoms with E-state index < -0.39 is 0 Å². The fourth-order valence-corrected chi connectivity index (χ4v) is 2.30. The Labute approximate surface area is 110 Å². The third kappa shape index (κ3) is 1.56. The van der Waals surface area contributed by atoms with E-state index in [1.807, 2.05) is 0 Å². The van der Waals surface area contributed by atoms with Crippen LogP contribution in [0.4, 0.5) is 0 Å². The van der Waals surface area contributed by atoms with Gasteiger partial charge in [0.15, 0.2) is 15.9 Å².